The second kappa shape index (κ2) is 8.81. The molecule has 0 saturated heterocycles. The number of para-hydroxylation sites is 1. The fourth-order valence-electron chi connectivity index (χ4n) is 4.03. The number of halogens is 1. The molecule has 1 aliphatic carbocycles. The van der Waals surface area contributed by atoms with Gasteiger partial charge in [0, 0.05) is 10.9 Å². The summed E-state index contributed by atoms with van der Waals surface area (Å²) in [6.07, 6.45) is 0.884. The molecule has 1 saturated carbocycles. The van der Waals surface area contributed by atoms with Crippen molar-refractivity contribution in [1.82, 2.24) is 25.6 Å². The van der Waals surface area contributed by atoms with Gasteiger partial charge in [-0.05, 0) is 49.2 Å². The Kier molecular flexibility index (Phi) is 5.64. The summed E-state index contributed by atoms with van der Waals surface area (Å²) in [5, 5.41) is 23.4. The lowest BCUT2D eigenvalue weighted by molar-refractivity contribution is -0.124. The van der Waals surface area contributed by atoms with E-state index in [9.17, 15) is 14.9 Å². The summed E-state index contributed by atoms with van der Waals surface area (Å²) >= 11 is 0. The Balaban J connectivity index is 1.31. The van der Waals surface area contributed by atoms with Crippen LogP contribution in [0.2, 0.25) is 0 Å². The van der Waals surface area contributed by atoms with Crippen LogP contribution in [-0.2, 0) is 4.79 Å². The molecule has 10 nitrogen and oxygen atoms in total. The van der Waals surface area contributed by atoms with E-state index in [0.29, 0.717) is 29.4 Å². The highest BCUT2D eigenvalue weighted by Crippen LogP contribution is 2.37. The molecular weight excluding hydrogens is 467 g/mol. The van der Waals surface area contributed by atoms with Gasteiger partial charge in [0.05, 0.1) is 30.4 Å². The van der Waals surface area contributed by atoms with Crippen LogP contribution in [0.3, 0.4) is 0 Å². The number of carbonyl (C=O) groups is 2. The number of ether oxygens (including phenoxy) is 1. The molecule has 1 atom stereocenters. The maximum atomic E-state index is 15.1. The second-order valence-electron chi connectivity index (χ2n) is 8.56. The van der Waals surface area contributed by atoms with E-state index < -0.39 is 29.2 Å². The lowest BCUT2D eigenvalue weighted by Crippen LogP contribution is -2.49. The van der Waals surface area contributed by atoms with Crippen LogP contribution in [-0.4, -0.2) is 39.4 Å². The van der Waals surface area contributed by atoms with Gasteiger partial charge in [-0.3, -0.25) is 9.59 Å². The lowest BCUT2D eigenvalue weighted by Gasteiger charge is -2.21. The molecular formula is C25H21FN6O4. The minimum absolute atomic E-state index is 0.0775. The second-order valence-corrected chi connectivity index (χ2v) is 8.56. The molecule has 0 aliphatic heterocycles. The monoisotopic (exact) mass is 488 g/mol. The first-order chi connectivity index (χ1) is 17.3. The van der Waals surface area contributed by atoms with E-state index in [4.69, 9.17) is 9.26 Å². The number of methoxy groups -OCH3 is 1. The van der Waals surface area contributed by atoms with Crippen LogP contribution >= 0.6 is 0 Å². The molecule has 2 aromatic heterocycles. The summed E-state index contributed by atoms with van der Waals surface area (Å²) in [5.74, 6) is -1.49. The molecule has 182 valence electrons. The fourth-order valence-corrected chi connectivity index (χ4v) is 4.03. The topological polar surface area (TPSA) is 135 Å². The van der Waals surface area contributed by atoms with Gasteiger partial charge in [0.25, 0.3) is 11.8 Å². The number of hydrogen-bond donors (Lipinski definition) is 2. The summed E-state index contributed by atoms with van der Waals surface area (Å²) in [5.41, 5.74) is 0.547. The van der Waals surface area contributed by atoms with Gasteiger partial charge in [0.1, 0.15) is 17.4 Å². The quantitative estimate of drug-likeness (QED) is 0.408. The van der Waals surface area contributed by atoms with E-state index >= 15 is 4.39 Å². The molecule has 0 unspecified atom stereocenters. The van der Waals surface area contributed by atoms with Gasteiger partial charge in [-0.2, -0.15) is 10.4 Å². The molecule has 2 amide bonds. The highest BCUT2D eigenvalue weighted by atomic mass is 19.1. The molecule has 0 radical (unpaired) electrons. The van der Waals surface area contributed by atoms with E-state index in [1.807, 2.05) is 6.07 Å². The van der Waals surface area contributed by atoms with Gasteiger partial charge in [-0.1, -0.05) is 18.2 Å². The Morgan fingerprint density at radius 1 is 1.25 bits per heavy atom. The van der Waals surface area contributed by atoms with Crippen LogP contribution in [0.4, 0.5) is 4.39 Å². The smallest absolute Gasteiger partial charge is 0.290 e. The molecule has 11 heteroatoms. The number of fused-ring (bicyclic) bond motifs is 1. The van der Waals surface area contributed by atoms with Gasteiger partial charge in [-0.25, -0.2) is 9.07 Å². The van der Waals surface area contributed by atoms with Crippen molar-refractivity contribution in [2.75, 3.05) is 7.11 Å². The van der Waals surface area contributed by atoms with Crippen molar-refractivity contribution in [2.24, 2.45) is 0 Å². The molecule has 1 aliphatic rings. The van der Waals surface area contributed by atoms with Gasteiger partial charge < -0.3 is 19.9 Å². The molecule has 2 heterocycles. The SMILES string of the molecule is COc1cc(C(=O)NC2(C(=O)N[C@H](C)c3ccc(-n4nc(C#N)c5ccccc54)cc3F)CC2)on1. The maximum absolute atomic E-state index is 15.1. The molecule has 4 aromatic rings. The number of benzene rings is 2. The Morgan fingerprint density at radius 3 is 2.69 bits per heavy atom. The van der Waals surface area contributed by atoms with E-state index in [-0.39, 0.29) is 22.9 Å². The van der Waals surface area contributed by atoms with Crippen LogP contribution < -0.4 is 15.4 Å². The Morgan fingerprint density at radius 2 is 2.03 bits per heavy atom. The van der Waals surface area contributed by atoms with E-state index in [1.54, 1.807) is 37.3 Å². The van der Waals surface area contributed by atoms with Crippen molar-refractivity contribution in [3.63, 3.8) is 0 Å². The van der Waals surface area contributed by atoms with E-state index in [2.05, 4.69) is 27.0 Å². The zero-order chi connectivity index (χ0) is 25.4. The van der Waals surface area contributed by atoms with Gasteiger partial charge >= 0.3 is 0 Å². The lowest BCUT2D eigenvalue weighted by atomic mass is 10.1. The van der Waals surface area contributed by atoms with Crippen LogP contribution in [0.1, 0.15) is 47.6 Å². The highest BCUT2D eigenvalue weighted by molar-refractivity contribution is 5.99. The third-order valence-corrected chi connectivity index (χ3v) is 6.19. The van der Waals surface area contributed by atoms with E-state index in [0.717, 1.165) is 0 Å². The summed E-state index contributed by atoms with van der Waals surface area (Å²) in [6, 6.07) is 14.5. The van der Waals surface area contributed by atoms with Crippen molar-refractivity contribution in [3.8, 4) is 17.6 Å². The number of carbonyl (C=O) groups excluding carboxylic acids is 2. The minimum atomic E-state index is -1.09. The van der Waals surface area contributed by atoms with E-state index in [1.165, 1.54) is 23.9 Å². The summed E-state index contributed by atoms with van der Waals surface area (Å²) in [7, 11) is 1.39. The summed E-state index contributed by atoms with van der Waals surface area (Å²) in [6.45, 7) is 1.66. The Bertz CT molecular complexity index is 1530. The average Bonchev–Trinajstić information content (AvgIpc) is 3.34. The van der Waals surface area contributed by atoms with Crippen molar-refractivity contribution in [1.29, 1.82) is 5.26 Å². The van der Waals surface area contributed by atoms with Crippen LogP contribution in [0.5, 0.6) is 5.88 Å². The van der Waals surface area contributed by atoms with Crippen LogP contribution in [0.15, 0.2) is 53.1 Å². The fraction of sp³-hybridized carbons (Fsp3) is 0.240. The first kappa shape index (κ1) is 23.0. The standard InChI is InChI=1S/C25H21FN6O4/c1-14(28-24(34)25(9-10-25)29-23(33)21-12-22(35-2)31-36-21)16-8-7-15(11-18(16)26)32-20-6-4-3-5-17(20)19(13-27)30-32/h3-8,11-12,14H,9-10H2,1-2H3,(H,28,34)(H,29,33)/t14-/m1/s1. The maximum Gasteiger partial charge on any atom is 0.290 e. The third kappa shape index (κ3) is 4.02. The van der Waals surface area contributed by atoms with Crippen LogP contribution in [0, 0.1) is 17.1 Å². The molecule has 36 heavy (non-hydrogen) atoms. The van der Waals surface area contributed by atoms with Gasteiger partial charge in [0.15, 0.2) is 5.69 Å². The average molecular weight is 488 g/mol. The molecule has 0 bridgehead atoms. The summed E-state index contributed by atoms with van der Waals surface area (Å²) in [4.78, 5) is 25.4. The minimum Gasteiger partial charge on any atom is -0.479 e. The van der Waals surface area contributed by atoms with Gasteiger partial charge in [-0.15, -0.1) is 0 Å². The zero-order valence-corrected chi connectivity index (χ0v) is 19.4. The Labute approximate surface area is 204 Å². The number of nitrogens with one attached hydrogen (secondary N) is 2. The molecule has 1 fully saturated rings. The third-order valence-electron chi connectivity index (χ3n) is 6.19. The molecule has 2 aromatic carbocycles. The van der Waals surface area contributed by atoms with Crippen molar-refractivity contribution < 1.29 is 23.2 Å². The highest BCUT2D eigenvalue weighted by Gasteiger charge is 2.52. The van der Waals surface area contributed by atoms with Gasteiger partial charge in [0.2, 0.25) is 11.7 Å². The summed E-state index contributed by atoms with van der Waals surface area (Å²) < 4.78 is 26.5. The number of nitrogens with zero attached hydrogens (tertiary/aromatic N) is 4. The molecule has 0 spiro atoms. The number of aromatic nitrogens is 3. The first-order valence-electron chi connectivity index (χ1n) is 11.2. The Hall–Kier alpha value is -4.72. The molecule has 5 rings (SSSR count). The van der Waals surface area contributed by atoms with Crippen molar-refractivity contribution in [3.05, 3.63) is 71.4 Å². The largest absolute Gasteiger partial charge is 0.479 e. The van der Waals surface area contributed by atoms with Crippen molar-refractivity contribution in [2.45, 2.75) is 31.3 Å². The number of hydrogen-bond acceptors (Lipinski definition) is 7. The predicted molar refractivity (Wildman–Crippen MR) is 125 cm³/mol. The normalized spacial score (nSPS) is 14.6. The predicted octanol–water partition coefficient (Wildman–Crippen LogP) is 3.17. The van der Waals surface area contributed by atoms with Crippen LogP contribution in [0.25, 0.3) is 16.6 Å². The zero-order valence-electron chi connectivity index (χ0n) is 19.4. The molecule has 2 N–H and O–H groups in total. The first-order valence-corrected chi connectivity index (χ1v) is 11.2. The number of rotatable bonds is 7. The number of amides is 2. The van der Waals surface area contributed by atoms with Crippen molar-refractivity contribution >= 4 is 22.7 Å². The number of nitriles is 1.